The van der Waals surface area contributed by atoms with Crippen LogP contribution in [0.15, 0.2) is 4.47 Å². The fourth-order valence-electron chi connectivity index (χ4n) is 2.13. The van der Waals surface area contributed by atoms with Gasteiger partial charge in [0.15, 0.2) is 0 Å². The quantitative estimate of drug-likeness (QED) is 0.825. The molecule has 1 aliphatic rings. The molecule has 1 aliphatic heterocycles. The molecule has 1 saturated heterocycles. The summed E-state index contributed by atoms with van der Waals surface area (Å²) in [5, 5.41) is 3.42. The number of rotatable bonds is 1. The minimum Gasteiger partial charge on any atom is -0.317 e. The minimum absolute atomic E-state index is 0.797. The lowest BCUT2D eigenvalue weighted by molar-refractivity contribution is 0.464. The second-order valence-corrected chi connectivity index (χ2v) is 6.04. The Morgan fingerprint density at radius 2 is 1.93 bits per heavy atom. The predicted octanol–water partition coefficient (Wildman–Crippen LogP) is 3.59. The van der Waals surface area contributed by atoms with Crippen LogP contribution in [0, 0.1) is 13.8 Å². The maximum Gasteiger partial charge on any atom is 0.0343 e. The smallest absolute Gasteiger partial charge is 0.0343 e. The van der Waals surface area contributed by atoms with Crippen molar-refractivity contribution in [2.45, 2.75) is 32.6 Å². The Kier molecular flexibility index (Phi) is 3.30. The molecule has 0 aromatic carbocycles. The first-order valence-electron chi connectivity index (χ1n) is 5.16. The highest BCUT2D eigenvalue weighted by Gasteiger charge is 2.20. The number of hydrogen-bond acceptors (Lipinski definition) is 2. The molecule has 1 aromatic heterocycles. The fourth-order valence-corrected chi connectivity index (χ4v) is 3.95. The molecule has 0 unspecified atom stereocenters. The predicted molar refractivity (Wildman–Crippen MR) is 66.3 cm³/mol. The van der Waals surface area contributed by atoms with E-state index in [1.54, 1.807) is 4.88 Å². The maximum atomic E-state index is 3.66. The van der Waals surface area contributed by atoms with Crippen molar-refractivity contribution in [3.8, 4) is 0 Å². The van der Waals surface area contributed by atoms with Crippen LogP contribution in [0.25, 0.3) is 0 Å². The molecular weight excluding hydrogens is 258 g/mol. The van der Waals surface area contributed by atoms with Crippen LogP contribution in [0.5, 0.6) is 0 Å². The van der Waals surface area contributed by atoms with E-state index in [2.05, 4.69) is 35.1 Å². The van der Waals surface area contributed by atoms with Crippen LogP contribution in [0.2, 0.25) is 0 Å². The molecule has 0 saturated carbocycles. The van der Waals surface area contributed by atoms with Gasteiger partial charge in [0.1, 0.15) is 0 Å². The number of thiophene rings is 1. The zero-order valence-electron chi connectivity index (χ0n) is 8.69. The average Bonchev–Trinajstić information content (AvgIpc) is 2.47. The van der Waals surface area contributed by atoms with Gasteiger partial charge in [0, 0.05) is 14.2 Å². The van der Waals surface area contributed by atoms with Gasteiger partial charge in [-0.2, -0.15) is 0 Å². The molecule has 0 aliphatic carbocycles. The molecule has 2 rings (SSSR count). The molecule has 2 heterocycles. The third-order valence-corrected chi connectivity index (χ3v) is 5.80. The normalized spacial score (nSPS) is 18.8. The third kappa shape index (κ3) is 1.90. The highest BCUT2D eigenvalue weighted by molar-refractivity contribution is 9.10. The number of aryl methyl sites for hydroxylation is 1. The topological polar surface area (TPSA) is 12.0 Å². The van der Waals surface area contributed by atoms with E-state index in [0.29, 0.717) is 0 Å². The van der Waals surface area contributed by atoms with E-state index < -0.39 is 0 Å². The van der Waals surface area contributed by atoms with E-state index in [9.17, 15) is 0 Å². The Morgan fingerprint density at radius 1 is 1.29 bits per heavy atom. The van der Waals surface area contributed by atoms with Crippen LogP contribution >= 0.6 is 27.3 Å². The molecule has 1 aromatic rings. The molecule has 14 heavy (non-hydrogen) atoms. The zero-order valence-corrected chi connectivity index (χ0v) is 11.1. The summed E-state index contributed by atoms with van der Waals surface area (Å²) in [4.78, 5) is 3.03. The highest BCUT2D eigenvalue weighted by atomic mass is 79.9. The van der Waals surface area contributed by atoms with Crippen molar-refractivity contribution in [2.24, 2.45) is 0 Å². The summed E-state index contributed by atoms with van der Waals surface area (Å²) >= 11 is 5.63. The largest absolute Gasteiger partial charge is 0.317 e. The minimum atomic E-state index is 0.797. The SMILES string of the molecule is Cc1sc(C2CCNCC2)c(C)c1Br. The number of nitrogens with one attached hydrogen (secondary N) is 1. The molecule has 0 bridgehead atoms. The van der Waals surface area contributed by atoms with Crippen LogP contribution in [0.4, 0.5) is 0 Å². The van der Waals surface area contributed by atoms with Crippen molar-refractivity contribution in [2.75, 3.05) is 13.1 Å². The Hall–Kier alpha value is 0.140. The van der Waals surface area contributed by atoms with Gasteiger partial charge >= 0.3 is 0 Å². The summed E-state index contributed by atoms with van der Waals surface area (Å²) in [6, 6.07) is 0. The number of halogens is 1. The van der Waals surface area contributed by atoms with Crippen molar-refractivity contribution in [1.29, 1.82) is 0 Å². The van der Waals surface area contributed by atoms with Crippen LogP contribution in [-0.2, 0) is 0 Å². The van der Waals surface area contributed by atoms with Crippen molar-refractivity contribution < 1.29 is 0 Å². The molecule has 3 heteroatoms. The second-order valence-electron chi connectivity index (χ2n) is 3.99. The highest BCUT2D eigenvalue weighted by Crippen LogP contribution is 2.39. The molecular formula is C11H16BrNS. The van der Waals surface area contributed by atoms with E-state index in [1.807, 2.05) is 11.3 Å². The van der Waals surface area contributed by atoms with Crippen molar-refractivity contribution >= 4 is 27.3 Å². The Bertz CT molecular complexity index is 326. The van der Waals surface area contributed by atoms with Gasteiger partial charge in [-0.15, -0.1) is 11.3 Å². The average molecular weight is 274 g/mol. The maximum absolute atomic E-state index is 3.66. The van der Waals surface area contributed by atoms with Gasteiger partial charge in [-0.1, -0.05) is 0 Å². The lowest BCUT2D eigenvalue weighted by Gasteiger charge is -2.22. The van der Waals surface area contributed by atoms with Crippen molar-refractivity contribution in [3.05, 3.63) is 19.8 Å². The molecule has 0 atom stereocenters. The lowest BCUT2D eigenvalue weighted by atomic mass is 9.94. The summed E-state index contributed by atoms with van der Waals surface area (Å²) in [6.45, 7) is 6.80. The van der Waals surface area contributed by atoms with E-state index >= 15 is 0 Å². The van der Waals surface area contributed by atoms with Crippen LogP contribution in [0.3, 0.4) is 0 Å². The number of hydrogen-bond donors (Lipinski definition) is 1. The van der Waals surface area contributed by atoms with Gasteiger partial charge < -0.3 is 5.32 Å². The first-order valence-corrected chi connectivity index (χ1v) is 6.77. The summed E-state index contributed by atoms with van der Waals surface area (Å²) < 4.78 is 1.33. The molecule has 1 nitrogen and oxygen atoms in total. The molecule has 0 radical (unpaired) electrons. The fraction of sp³-hybridized carbons (Fsp3) is 0.636. The molecule has 0 spiro atoms. The van der Waals surface area contributed by atoms with Gasteiger partial charge in [-0.05, 0) is 67.2 Å². The standard InChI is InChI=1S/C11H16BrNS/c1-7-10(12)8(2)14-11(7)9-3-5-13-6-4-9/h9,13H,3-6H2,1-2H3. The van der Waals surface area contributed by atoms with E-state index in [4.69, 9.17) is 0 Å². The van der Waals surface area contributed by atoms with Gasteiger partial charge in [0.2, 0.25) is 0 Å². The monoisotopic (exact) mass is 273 g/mol. The second kappa shape index (κ2) is 4.33. The van der Waals surface area contributed by atoms with E-state index in [1.165, 1.54) is 40.8 Å². The molecule has 0 amide bonds. The van der Waals surface area contributed by atoms with E-state index in [0.717, 1.165) is 5.92 Å². The Morgan fingerprint density at radius 3 is 2.43 bits per heavy atom. The van der Waals surface area contributed by atoms with Gasteiger partial charge in [-0.25, -0.2) is 0 Å². The van der Waals surface area contributed by atoms with Crippen LogP contribution in [0.1, 0.15) is 34.1 Å². The first-order chi connectivity index (χ1) is 6.70. The first kappa shape index (κ1) is 10.7. The summed E-state index contributed by atoms with van der Waals surface area (Å²) in [5.74, 6) is 0.797. The summed E-state index contributed by atoms with van der Waals surface area (Å²) in [6.07, 6.45) is 2.60. The van der Waals surface area contributed by atoms with E-state index in [-0.39, 0.29) is 0 Å². The van der Waals surface area contributed by atoms with Crippen molar-refractivity contribution in [3.63, 3.8) is 0 Å². The molecule has 1 N–H and O–H groups in total. The Labute approximate surface area is 98.0 Å². The summed E-state index contributed by atoms with van der Waals surface area (Å²) in [7, 11) is 0. The van der Waals surface area contributed by atoms with Gasteiger partial charge in [-0.3, -0.25) is 0 Å². The zero-order chi connectivity index (χ0) is 10.1. The Balaban J connectivity index is 2.26. The van der Waals surface area contributed by atoms with Gasteiger partial charge in [0.05, 0.1) is 0 Å². The third-order valence-electron chi connectivity index (χ3n) is 2.98. The van der Waals surface area contributed by atoms with Crippen LogP contribution in [-0.4, -0.2) is 13.1 Å². The summed E-state index contributed by atoms with van der Waals surface area (Å²) in [5.41, 5.74) is 1.47. The lowest BCUT2D eigenvalue weighted by Crippen LogP contribution is -2.26. The van der Waals surface area contributed by atoms with Crippen molar-refractivity contribution in [1.82, 2.24) is 5.32 Å². The molecule has 78 valence electrons. The number of piperidine rings is 1. The van der Waals surface area contributed by atoms with Crippen LogP contribution < -0.4 is 5.32 Å². The molecule has 1 fully saturated rings. The van der Waals surface area contributed by atoms with Gasteiger partial charge in [0.25, 0.3) is 0 Å².